The molecule has 3 unspecified atom stereocenters. The number of piperidine rings is 1. The number of rotatable bonds is 4. The van der Waals surface area contributed by atoms with E-state index in [0.29, 0.717) is 24.4 Å². The molecule has 1 aliphatic heterocycles. The van der Waals surface area contributed by atoms with Crippen molar-refractivity contribution in [1.82, 2.24) is 4.90 Å². The predicted octanol–water partition coefficient (Wildman–Crippen LogP) is 1.92. The first-order chi connectivity index (χ1) is 9.26. The van der Waals surface area contributed by atoms with E-state index in [1.165, 1.54) is 45.6 Å². The summed E-state index contributed by atoms with van der Waals surface area (Å²) < 4.78 is 4.85. The van der Waals surface area contributed by atoms with Crippen molar-refractivity contribution in [2.45, 2.75) is 63.5 Å². The van der Waals surface area contributed by atoms with Crippen LogP contribution in [0.2, 0.25) is 0 Å². The molecule has 2 fully saturated rings. The van der Waals surface area contributed by atoms with Crippen molar-refractivity contribution in [2.75, 3.05) is 20.2 Å². The van der Waals surface area contributed by atoms with Gasteiger partial charge in [0.25, 0.3) is 0 Å². The van der Waals surface area contributed by atoms with Crippen LogP contribution in [-0.2, 0) is 9.53 Å². The van der Waals surface area contributed by atoms with Crippen LogP contribution in [0.1, 0.15) is 51.4 Å². The molecule has 0 radical (unpaired) electrons. The van der Waals surface area contributed by atoms with Crippen molar-refractivity contribution in [1.29, 1.82) is 0 Å². The lowest BCUT2D eigenvalue weighted by Crippen LogP contribution is -2.52. The second kappa shape index (κ2) is 7.25. The van der Waals surface area contributed by atoms with Crippen molar-refractivity contribution < 1.29 is 9.53 Å². The van der Waals surface area contributed by atoms with Crippen LogP contribution in [-0.4, -0.2) is 43.2 Å². The predicted molar refractivity (Wildman–Crippen MR) is 75.8 cm³/mol. The number of nitrogens with two attached hydrogens (primary N) is 1. The Labute approximate surface area is 116 Å². The fraction of sp³-hybridized carbons (Fsp3) is 0.933. The van der Waals surface area contributed by atoms with Gasteiger partial charge in [-0.2, -0.15) is 0 Å². The Kier molecular flexibility index (Phi) is 5.64. The van der Waals surface area contributed by atoms with Crippen LogP contribution >= 0.6 is 0 Å². The number of likely N-dealkylation sites (tertiary alicyclic amines) is 1. The SMILES string of the molecule is COC(=O)CC1CCCCN1C1CCCCC1CN. The molecule has 0 aromatic carbocycles. The van der Waals surface area contributed by atoms with E-state index in [1.807, 2.05) is 0 Å². The molecule has 2 aliphatic rings. The van der Waals surface area contributed by atoms with Crippen LogP contribution in [0.25, 0.3) is 0 Å². The number of ether oxygens (including phenoxy) is 1. The van der Waals surface area contributed by atoms with E-state index in [2.05, 4.69) is 4.90 Å². The quantitative estimate of drug-likeness (QED) is 0.792. The molecule has 0 aromatic rings. The first-order valence-corrected chi connectivity index (χ1v) is 7.79. The molecular formula is C15H28N2O2. The van der Waals surface area contributed by atoms with E-state index in [1.54, 1.807) is 0 Å². The van der Waals surface area contributed by atoms with Gasteiger partial charge in [-0.3, -0.25) is 9.69 Å². The molecular weight excluding hydrogens is 240 g/mol. The average molecular weight is 268 g/mol. The number of esters is 1. The van der Waals surface area contributed by atoms with Gasteiger partial charge in [-0.1, -0.05) is 19.3 Å². The van der Waals surface area contributed by atoms with Crippen molar-refractivity contribution in [3.63, 3.8) is 0 Å². The Morgan fingerprint density at radius 1 is 1.21 bits per heavy atom. The van der Waals surface area contributed by atoms with E-state index >= 15 is 0 Å². The first-order valence-electron chi connectivity index (χ1n) is 7.79. The highest BCUT2D eigenvalue weighted by Crippen LogP contribution is 2.33. The Bertz CT molecular complexity index is 296. The van der Waals surface area contributed by atoms with Crippen LogP contribution in [0.5, 0.6) is 0 Å². The Balaban J connectivity index is 2.02. The van der Waals surface area contributed by atoms with Gasteiger partial charge in [-0.15, -0.1) is 0 Å². The van der Waals surface area contributed by atoms with E-state index < -0.39 is 0 Å². The Morgan fingerprint density at radius 3 is 2.68 bits per heavy atom. The maximum atomic E-state index is 11.6. The number of carbonyl (C=O) groups is 1. The van der Waals surface area contributed by atoms with E-state index in [4.69, 9.17) is 10.5 Å². The third-order valence-electron chi connectivity index (χ3n) is 4.90. The number of nitrogens with zero attached hydrogens (tertiary/aromatic N) is 1. The fourth-order valence-electron chi connectivity index (χ4n) is 3.85. The maximum absolute atomic E-state index is 11.6. The van der Waals surface area contributed by atoms with Gasteiger partial charge in [0.1, 0.15) is 0 Å². The van der Waals surface area contributed by atoms with Crippen LogP contribution in [0.3, 0.4) is 0 Å². The zero-order valence-corrected chi connectivity index (χ0v) is 12.1. The molecule has 19 heavy (non-hydrogen) atoms. The summed E-state index contributed by atoms with van der Waals surface area (Å²) in [5.74, 6) is 0.545. The lowest BCUT2D eigenvalue weighted by atomic mass is 9.81. The lowest BCUT2D eigenvalue weighted by Gasteiger charge is -2.46. The van der Waals surface area contributed by atoms with Gasteiger partial charge >= 0.3 is 5.97 Å². The van der Waals surface area contributed by atoms with Crippen LogP contribution in [0, 0.1) is 5.92 Å². The summed E-state index contributed by atoms with van der Waals surface area (Å²) in [6.45, 7) is 1.91. The molecule has 2 rings (SSSR count). The number of carbonyl (C=O) groups excluding carboxylic acids is 1. The molecule has 2 N–H and O–H groups in total. The zero-order valence-electron chi connectivity index (χ0n) is 12.1. The van der Waals surface area contributed by atoms with E-state index in [-0.39, 0.29) is 5.97 Å². The molecule has 0 aromatic heterocycles. The molecule has 4 heteroatoms. The van der Waals surface area contributed by atoms with Crippen molar-refractivity contribution in [3.8, 4) is 0 Å². The molecule has 0 amide bonds. The van der Waals surface area contributed by atoms with Gasteiger partial charge in [0.2, 0.25) is 0 Å². The highest BCUT2D eigenvalue weighted by molar-refractivity contribution is 5.69. The average Bonchev–Trinajstić information content (AvgIpc) is 2.47. The summed E-state index contributed by atoms with van der Waals surface area (Å²) in [5, 5.41) is 0. The fourth-order valence-corrected chi connectivity index (χ4v) is 3.85. The molecule has 110 valence electrons. The van der Waals surface area contributed by atoms with Gasteiger partial charge in [-0.25, -0.2) is 0 Å². The van der Waals surface area contributed by atoms with Crippen LogP contribution < -0.4 is 5.73 Å². The van der Waals surface area contributed by atoms with Gasteiger partial charge in [-0.05, 0) is 44.7 Å². The topological polar surface area (TPSA) is 55.6 Å². The summed E-state index contributed by atoms with van der Waals surface area (Å²) in [5.41, 5.74) is 5.95. The van der Waals surface area contributed by atoms with Gasteiger partial charge in [0, 0.05) is 12.1 Å². The van der Waals surface area contributed by atoms with Gasteiger partial charge in [0.05, 0.1) is 13.5 Å². The summed E-state index contributed by atoms with van der Waals surface area (Å²) in [6, 6.07) is 0.965. The van der Waals surface area contributed by atoms with Crippen molar-refractivity contribution in [2.24, 2.45) is 11.7 Å². The third kappa shape index (κ3) is 3.69. The van der Waals surface area contributed by atoms with Gasteiger partial charge < -0.3 is 10.5 Å². The number of hydrogen-bond donors (Lipinski definition) is 1. The summed E-state index contributed by atoms with van der Waals surface area (Å²) >= 11 is 0. The minimum atomic E-state index is -0.0722. The van der Waals surface area contributed by atoms with Crippen LogP contribution in [0.4, 0.5) is 0 Å². The summed E-state index contributed by atoms with van der Waals surface area (Å²) in [7, 11) is 1.48. The maximum Gasteiger partial charge on any atom is 0.307 e. The highest BCUT2D eigenvalue weighted by Gasteiger charge is 2.35. The molecule has 0 spiro atoms. The second-order valence-corrected chi connectivity index (χ2v) is 6.02. The summed E-state index contributed by atoms with van der Waals surface area (Å²) in [6.07, 6.45) is 9.29. The summed E-state index contributed by atoms with van der Waals surface area (Å²) in [4.78, 5) is 14.2. The second-order valence-electron chi connectivity index (χ2n) is 6.02. The number of hydrogen-bond acceptors (Lipinski definition) is 4. The molecule has 0 bridgehead atoms. The molecule has 1 saturated carbocycles. The minimum absolute atomic E-state index is 0.0722. The monoisotopic (exact) mass is 268 g/mol. The van der Waals surface area contributed by atoms with Crippen molar-refractivity contribution >= 4 is 5.97 Å². The highest BCUT2D eigenvalue weighted by atomic mass is 16.5. The number of methoxy groups -OCH3 is 1. The lowest BCUT2D eigenvalue weighted by molar-refractivity contribution is -0.143. The first kappa shape index (κ1) is 14.8. The molecule has 4 nitrogen and oxygen atoms in total. The normalized spacial score (nSPS) is 33.1. The molecule has 3 atom stereocenters. The Morgan fingerprint density at radius 2 is 1.95 bits per heavy atom. The third-order valence-corrected chi connectivity index (χ3v) is 4.90. The largest absolute Gasteiger partial charge is 0.469 e. The zero-order chi connectivity index (χ0) is 13.7. The smallest absolute Gasteiger partial charge is 0.307 e. The standard InChI is InChI=1S/C15H28N2O2/c1-19-15(18)10-13-7-4-5-9-17(13)14-8-3-2-6-12(14)11-16/h12-14H,2-11,16H2,1H3. The Hall–Kier alpha value is -0.610. The van der Waals surface area contributed by atoms with E-state index in [9.17, 15) is 4.79 Å². The molecule has 1 heterocycles. The van der Waals surface area contributed by atoms with Crippen molar-refractivity contribution in [3.05, 3.63) is 0 Å². The van der Waals surface area contributed by atoms with Crippen LogP contribution in [0.15, 0.2) is 0 Å². The minimum Gasteiger partial charge on any atom is -0.469 e. The molecule has 1 saturated heterocycles. The van der Waals surface area contributed by atoms with Gasteiger partial charge in [0.15, 0.2) is 0 Å². The molecule has 1 aliphatic carbocycles. The van der Waals surface area contributed by atoms with E-state index in [0.717, 1.165) is 19.5 Å².